The van der Waals surface area contributed by atoms with Crippen molar-refractivity contribution in [3.63, 3.8) is 0 Å². The summed E-state index contributed by atoms with van der Waals surface area (Å²) < 4.78 is 6.18. The summed E-state index contributed by atoms with van der Waals surface area (Å²) in [5.74, 6) is 0. The van der Waals surface area contributed by atoms with Gasteiger partial charge in [0, 0.05) is 6.04 Å². The Balaban J connectivity index is 1.60. The molecule has 2 aliphatic carbocycles. The smallest absolute Gasteiger partial charge is 0.0580 e. The van der Waals surface area contributed by atoms with Gasteiger partial charge in [-0.15, -0.1) is 0 Å². The van der Waals surface area contributed by atoms with Gasteiger partial charge in [-0.25, -0.2) is 0 Å². The molecule has 0 amide bonds. The lowest BCUT2D eigenvalue weighted by Crippen LogP contribution is -2.36. The van der Waals surface area contributed by atoms with E-state index in [9.17, 15) is 0 Å². The molecular weight excluding hydrogens is 198 g/mol. The number of ether oxygens (including phenoxy) is 1. The first-order valence-corrected chi connectivity index (χ1v) is 7.27. The van der Waals surface area contributed by atoms with Gasteiger partial charge in [-0.3, -0.25) is 0 Å². The van der Waals surface area contributed by atoms with E-state index in [1.165, 1.54) is 64.3 Å². The second kappa shape index (κ2) is 6.61. The third-order valence-corrected chi connectivity index (χ3v) is 4.04. The van der Waals surface area contributed by atoms with Crippen LogP contribution in [-0.2, 0) is 4.74 Å². The second-order valence-corrected chi connectivity index (χ2v) is 5.47. The fourth-order valence-electron chi connectivity index (χ4n) is 3.05. The van der Waals surface area contributed by atoms with Crippen LogP contribution in [0.15, 0.2) is 0 Å². The maximum absolute atomic E-state index is 6.18. The summed E-state index contributed by atoms with van der Waals surface area (Å²) in [4.78, 5) is 0. The lowest BCUT2D eigenvalue weighted by atomic mass is 9.92. The van der Waals surface area contributed by atoms with E-state index >= 15 is 0 Å². The Morgan fingerprint density at radius 3 is 2.19 bits per heavy atom. The highest BCUT2D eigenvalue weighted by Crippen LogP contribution is 2.27. The van der Waals surface area contributed by atoms with E-state index in [0.29, 0.717) is 12.2 Å². The molecule has 0 spiro atoms. The molecule has 0 bridgehead atoms. The van der Waals surface area contributed by atoms with Gasteiger partial charge in [0.05, 0.1) is 12.2 Å². The van der Waals surface area contributed by atoms with Crippen molar-refractivity contribution in [2.45, 2.75) is 83.0 Å². The molecule has 0 aromatic heterocycles. The molecule has 0 saturated heterocycles. The van der Waals surface area contributed by atoms with E-state index < -0.39 is 0 Å². The van der Waals surface area contributed by atoms with E-state index in [4.69, 9.17) is 4.74 Å². The molecule has 0 heterocycles. The monoisotopic (exact) mass is 225 g/mol. The first-order valence-electron chi connectivity index (χ1n) is 7.27. The molecule has 0 atom stereocenters. The summed E-state index contributed by atoms with van der Waals surface area (Å²) in [5, 5.41) is 3.63. The number of hydrogen-bond acceptors (Lipinski definition) is 2. The Morgan fingerprint density at radius 2 is 1.56 bits per heavy atom. The van der Waals surface area contributed by atoms with Gasteiger partial charge in [-0.1, -0.05) is 19.8 Å². The van der Waals surface area contributed by atoms with Crippen LogP contribution in [0.2, 0.25) is 0 Å². The summed E-state index contributed by atoms with van der Waals surface area (Å²) in [6.45, 7) is 3.42. The van der Waals surface area contributed by atoms with E-state index in [0.717, 1.165) is 6.04 Å². The summed E-state index contributed by atoms with van der Waals surface area (Å²) in [7, 11) is 0. The molecule has 2 heteroatoms. The normalized spacial score (nSPS) is 32.1. The van der Waals surface area contributed by atoms with Gasteiger partial charge in [0.25, 0.3) is 0 Å². The molecule has 0 aromatic rings. The van der Waals surface area contributed by atoms with Crippen molar-refractivity contribution in [3.8, 4) is 0 Å². The van der Waals surface area contributed by atoms with Crippen molar-refractivity contribution in [2.75, 3.05) is 6.54 Å². The minimum absolute atomic E-state index is 0.572. The van der Waals surface area contributed by atoms with Gasteiger partial charge in [0.2, 0.25) is 0 Å². The summed E-state index contributed by atoms with van der Waals surface area (Å²) in [6, 6.07) is 0.767. The molecule has 2 rings (SSSR count). The minimum Gasteiger partial charge on any atom is -0.375 e. The van der Waals surface area contributed by atoms with Crippen LogP contribution < -0.4 is 5.32 Å². The summed E-state index contributed by atoms with van der Waals surface area (Å²) in [6.07, 6.45) is 13.0. The molecule has 16 heavy (non-hydrogen) atoms. The summed E-state index contributed by atoms with van der Waals surface area (Å²) in [5.41, 5.74) is 0. The molecule has 0 aromatic carbocycles. The molecule has 94 valence electrons. The standard InChI is InChI=1S/C14H27NO/c1-2-11-15-12-7-9-14(10-8-12)16-13-5-3-4-6-13/h12-15H,2-11H2,1H3. The molecule has 0 radical (unpaired) electrons. The van der Waals surface area contributed by atoms with Crippen LogP contribution in [0.5, 0.6) is 0 Å². The second-order valence-electron chi connectivity index (χ2n) is 5.47. The maximum Gasteiger partial charge on any atom is 0.0580 e. The molecule has 2 nitrogen and oxygen atoms in total. The van der Waals surface area contributed by atoms with Crippen LogP contribution >= 0.6 is 0 Å². The lowest BCUT2D eigenvalue weighted by Gasteiger charge is -2.31. The summed E-state index contributed by atoms with van der Waals surface area (Å²) >= 11 is 0. The highest BCUT2D eigenvalue weighted by Gasteiger charge is 2.25. The van der Waals surface area contributed by atoms with E-state index in [1.54, 1.807) is 0 Å². The molecule has 0 unspecified atom stereocenters. The molecule has 2 aliphatic rings. The molecule has 1 N–H and O–H groups in total. The van der Waals surface area contributed by atoms with Crippen LogP contribution in [0.3, 0.4) is 0 Å². The number of hydrogen-bond donors (Lipinski definition) is 1. The van der Waals surface area contributed by atoms with E-state index in [1.807, 2.05) is 0 Å². The Labute approximate surface area is 100 Å². The fourth-order valence-corrected chi connectivity index (χ4v) is 3.05. The maximum atomic E-state index is 6.18. The zero-order valence-corrected chi connectivity index (χ0v) is 10.7. The fraction of sp³-hybridized carbons (Fsp3) is 1.00. The number of nitrogens with one attached hydrogen (secondary N) is 1. The average molecular weight is 225 g/mol. The van der Waals surface area contributed by atoms with Crippen molar-refractivity contribution >= 4 is 0 Å². The molecule has 2 fully saturated rings. The highest BCUT2D eigenvalue weighted by molar-refractivity contribution is 4.79. The van der Waals surface area contributed by atoms with Gasteiger partial charge >= 0.3 is 0 Å². The Morgan fingerprint density at radius 1 is 0.938 bits per heavy atom. The predicted octanol–water partition coefficient (Wildman–Crippen LogP) is 3.26. The van der Waals surface area contributed by atoms with Crippen LogP contribution in [0.1, 0.15) is 64.7 Å². The van der Waals surface area contributed by atoms with Crippen LogP contribution in [0.25, 0.3) is 0 Å². The number of rotatable bonds is 5. The zero-order valence-electron chi connectivity index (χ0n) is 10.7. The molecular formula is C14H27NO. The average Bonchev–Trinajstić information content (AvgIpc) is 2.81. The van der Waals surface area contributed by atoms with Crippen LogP contribution in [0.4, 0.5) is 0 Å². The first-order chi connectivity index (χ1) is 7.88. The molecule has 0 aliphatic heterocycles. The van der Waals surface area contributed by atoms with E-state index in [2.05, 4.69) is 12.2 Å². The van der Waals surface area contributed by atoms with Crippen molar-refractivity contribution in [2.24, 2.45) is 0 Å². The lowest BCUT2D eigenvalue weighted by molar-refractivity contribution is -0.0296. The van der Waals surface area contributed by atoms with Gasteiger partial charge in [-0.05, 0) is 51.5 Å². The van der Waals surface area contributed by atoms with Crippen molar-refractivity contribution < 1.29 is 4.74 Å². The third-order valence-electron chi connectivity index (χ3n) is 4.04. The van der Waals surface area contributed by atoms with Gasteiger partial charge in [0.1, 0.15) is 0 Å². The Hall–Kier alpha value is -0.0800. The van der Waals surface area contributed by atoms with Crippen LogP contribution in [-0.4, -0.2) is 24.8 Å². The van der Waals surface area contributed by atoms with Gasteiger partial charge in [-0.2, -0.15) is 0 Å². The van der Waals surface area contributed by atoms with Crippen molar-refractivity contribution in [1.29, 1.82) is 0 Å². The quantitative estimate of drug-likeness (QED) is 0.775. The first kappa shape index (κ1) is 12.4. The Kier molecular flexibility index (Phi) is 5.11. The van der Waals surface area contributed by atoms with E-state index in [-0.39, 0.29) is 0 Å². The Bertz CT molecular complexity index is 181. The van der Waals surface area contributed by atoms with Crippen molar-refractivity contribution in [1.82, 2.24) is 5.32 Å². The zero-order chi connectivity index (χ0) is 11.2. The third kappa shape index (κ3) is 3.74. The largest absolute Gasteiger partial charge is 0.375 e. The highest BCUT2D eigenvalue weighted by atomic mass is 16.5. The van der Waals surface area contributed by atoms with Gasteiger partial charge < -0.3 is 10.1 Å². The van der Waals surface area contributed by atoms with Crippen LogP contribution in [0, 0.1) is 0 Å². The topological polar surface area (TPSA) is 21.3 Å². The molecule has 2 saturated carbocycles. The predicted molar refractivity (Wildman–Crippen MR) is 67.7 cm³/mol. The van der Waals surface area contributed by atoms with Gasteiger partial charge in [0.15, 0.2) is 0 Å². The minimum atomic E-state index is 0.572. The SMILES string of the molecule is CCCNC1CCC(OC2CCCC2)CC1. The van der Waals surface area contributed by atoms with Crippen molar-refractivity contribution in [3.05, 3.63) is 0 Å².